The van der Waals surface area contributed by atoms with Crippen LogP contribution in [0.3, 0.4) is 0 Å². The summed E-state index contributed by atoms with van der Waals surface area (Å²) < 4.78 is 17.1. The van der Waals surface area contributed by atoms with Crippen LogP contribution in [0.25, 0.3) is 11.1 Å². The van der Waals surface area contributed by atoms with E-state index in [1.54, 1.807) is 0 Å². The van der Waals surface area contributed by atoms with Crippen molar-refractivity contribution in [3.63, 3.8) is 0 Å². The molecule has 0 aliphatic carbocycles. The van der Waals surface area contributed by atoms with Gasteiger partial charge in [0.05, 0.1) is 18.2 Å². The molecule has 6 heteroatoms. The van der Waals surface area contributed by atoms with E-state index in [-0.39, 0.29) is 0 Å². The molecule has 0 saturated heterocycles. The molecular weight excluding hydrogens is 334 g/mol. The first-order chi connectivity index (χ1) is 11.3. The molecule has 1 aromatic heterocycles. The van der Waals surface area contributed by atoms with E-state index in [1.165, 1.54) is 11.8 Å². The number of hydrogen-bond acceptors (Lipinski definition) is 5. The van der Waals surface area contributed by atoms with Gasteiger partial charge in [0, 0.05) is 12.2 Å². The van der Waals surface area contributed by atoms with E-state index >= 15 is 0 Å². The van der Waals surface area contributed by atoms with E-state index in [9.17, 15) is 0 Å². The lowest BCUT2D eigenvalue weighted by Gasteiger charge is -2.11. The number of ether oxygens (including phenoxy) is 2. The summed E-state index contributed by atoms with van der Waals surface area (Å²) in [6.45, 7) is 1.27. The molecule has 4 nitrogen and oxygen atoms in total. The maximum atomic E-state index is 6.31. The van der Waals surface area contributed by atoms with Crippen molar-refractivity contribution in [2.75, 3.05) is 13.2 Å². The molecule has 0 radical (unpaired) electrons. The normalized spacial score (nSPS) is 14.0. The van der Waals surface area contributed by atoms with Crippen LogP contribution in [0.4, 0.5) is 0 Å². The fourth-order valence-electron chi connectivity index (χ4n) is 2.43. The maximum absolute atomic E-state index is 6.31. The number of halogens is 1. The van der Waals surface area contributed by atoms with Gasteiger partial charge in [0.25, 0.3) is 5.22 Å². The van der Waals surface area contributed by atoms with E-state index < -0.39 is 0 Å². The van der Waals surface area contributed by atoms with Crippen LogP contribution in [0.1, 0.15) is 12.0 Å². The average Bonchev–Trinajstić information content (AvgIpc) is 2.82. The molecule has 0 saturated carbocycles. The highest BCUT2D eigenvalue weighted by Gasteiger charge is 2.16. The third-order valence-electron chi connectivity index (χ3n) is 3.50. The van der Waals surface area contributed by atoms with Crippen LogP contribution in [0.2, 0.25) is 5.02 Å². The Hall–Kier alpha value is -1.85. The molecule has 3 aromatic rings. The predicted octanol–water partition coefficient (Wildman–Crippen LogP) is 4.93. The molecule has 0 N–H and O–H groups in total. The van der Waals surface area contributed by atoms with Gasteiger partial charge in [-0.15, -0.1) is 0 Å². The SMILES string of the molecule is Clc1cc(CSc2nc3ccccc3o2)cc2c1OCCCO2. The smallest absolute Gasteiger partial charge is 0.257 e. The molecule has 2 aromatic carbocycles. The molecule has 1 aliphatic rings. The first kappa shape index (κ1) is 14.7. The number of thioether (sulfide) groups is 1. The molecule has 0 atom stereocenters. The van der Waals surface area contributed by atoms with Gasteiger partial charge in [-0.1, -0.05) is 35.5 Å². The summed E-state index contributed by atoms with van der Waals surface area (Å²) in [5.41, 5.74) is 2.71. The van der Waals surface area contributed by atoms with Crippen LogP contribution >= 0.6 is 23.4 Å². The van der Waals surface area contributed by atoms with Crippen molar-refractivity contribution in [2.45, 2.75) is 17.4 Å². The number of rotatable bonds is 3. The molecule has 0 unspecified atom stereocenters. The van der Waals surface area contributed by atoms with Crippen molar-refractivity contribution < 1.29 is 13.9 Å². The number of benzene rings is 2. The molecule has 0 fully saturated rings. The zero-order chi connectivity index (χ0) is 15.6. The minimum atomic E-state index is 0.581. The Labute approximate surface area is 142 Å². The highest BCUT2D eigenvalue weighted by atomic mass is 35.5. The quantitative estimate of drug-likeness (QED) is 0.628. The third-order valence-corrected chi connectivity index (χ3v) is 4.68. The minimum absolute atomic E-state index is 0.581. The van der Waals surface area contributed by atoms with E-state index in [1.807, 2.05) is 36.4 Å². The largest absolute Gasteiger partial charge is 0.489 e. The summed E-state index contributed by atoms with van der Waals surface area (Å²) >= 11 is 7.84. The molecule has 4 rings (SSSR count). The molecule has 0 amide bonds. The molecule has 23 heavy (non-hydrogen) atoms. The summed E-state index contributed by atoms with van der Waals surface area (Å²) in [6.07, 6.45) is 0.859. The lowest BCUT2D eigenvalue weighted by Crippen LogP contribution is -1.97. The maximum Gasteiger partial charge on any atom is 0.257 e. The van der Waals surface area contributed by atoms with E-state index in [0.717, 1.165) is 23.1 Å². The van der Waals surface area contributed by atoms with Crippen molar-refractivity contribution in [2.24, 2.45) is 0 Å². The Morgan fingerprint density at radius 2 is 2.00 bits per heavy atom. The second-order valence-corrected chi connectivity index (χ2v) is 6.53. The Bertz CT molecular complexity index is 816. The fourth-order valence-corrected chi connectivity index (χ4v) is 3.48. The van der Waals surface area contributed by atoms with Crippen molar-refractivity contribution in [1.29, 1.82) is 0 Å². The number of hydrogen-bond donors (Lipinski definition) is 0. The van der Waals surface area contributed by atoms with Gasteiger partial charge in [-0.25, -0.2) is 4.98 Å². The number of nitrogens with zero attached hydrogens (tertiary/aromatic N) is 1. The van der Waals surface area contributed by atoms with Gasteiger partial charge in [-0.3, -0.25) is 0 Å². The van der Waals surface area contributed by atoms with Gasteiger partial charge in [0.2, 0.25) is 0 Å². The van der Waals surface area contributed by atoms with Crippen molar-refractivity contribution in [1.82, 2.24) is 4.98 Å². The molecule has 0 spiro atoms. The van der Waals surface area contributed by atoms with E-state index in [0.29, 0.717) is 40.7 Å². The molecule has 0 bridgehead atoms. The molecule has 118 valence electrons. The topological polar surface area (TPSA) is 44.5 Å². The van der Waals surface area contributed by atoms with E-state index in [2.05, 4.69) is 4.98 Å². The third kappa shape index (κ3) is 3.12. The number of aromatic nitrogens is 1. The van der Waals surface area contributed by atoms with Crippen LogP contribution < -0.4 is 9.47 Å². The lowest BCUT2D eigenvalue weighted by molar-refractivity contribution is 0.297. The number of para-hydroxylation sites is 2. The Morgan fingerprint density at radius 3 is 2.91 bits per heavy atom. The number of oxazole rings is 1. The zero-order valence-corrected chi connectivity index (χ0v) is 13.8. The summed E-state index contributed by atoms with van der Waals surface area (Å²) in [5, 5.41) is 1.23. The Morgan fingerprint density at radius 1 is 1.13 bits per heavy atom. The molecule has 2 heterocycles. The van der Waals surface area contributed by atoms with Crippen LogP contribution in [0, 0.1) is 0 Å². The lowest BCUT2D eigenvalue weighted by atomic mass is 10.2. The second kappa shape index (κ2) is 6.34. The van der Waals surface area contributed by atoms with Gasteiger partial charge in [0.15, 0.2) is 17.1 Å². The first-order valence-corrected chi connectivity index (χ1v) is 8.72. The second-order valence-electron chi connectivity index (χ2n) is 5.19. The highest BCUT2D eigenvalue weighted by molar-refractivity contribution is 7.98. The monoisotopic (exact) mass is 347 g/mol. The molecule has 1 aliphatic heterocycles. The highest BCUT2D eigenvalue weighted by Crippen LogP contribution is 2.39. The summed E-state index contributed by atoms with van der Waals surface area (Å²) in [6, 6.07) is 11.6. The predicted molar refractivity (Wildman–Crippen MR) is 90.6 cm³/mol. The minimum Gasteiger partial charge on any atom is -0.489 e. The summed E-state index contributed by atoms with van der Waals surface area (Å²) in [5.74, 6) is 2.05. The van der Waals surface area contributed by atoms with Crippen molar-refractivity contribution in [3.05, 3.63) is 47.0 Å². The van der Waals surface area contributed by atoms with Crippen LogP contribution in [-0.4, -0.2) is 18.2 Å². The van der Waals surface area contributed by atoms with Crippen LogP contribution in [0.5, 0.6) is 11.5 Å². The standard InChI is InChI=1S/C17H14ClNO3S/c18-12-8-11(9-15-16(12)21-7-3-6-20-15)10-23-17-19-13-4-1-2-5-14(13)22-17/h1-2,4-5,8-9H,3,6-7,10H2. The Balaban J connectivity index is 1.54. The number of fused-ring (bicyclic) bond motifs is 2. The van der Waals surface area contributed by atoms with E-state index in [4.69, 9.17) is 25.5 Å². The van der Waals surface area contributed by atoms with Crippen LogP contribution in [-0.2, 0) is 5.75 Å². The van der Waals surface area contributed by atoms with Gasteiger partial charge in [0.1, 0.15) is 5.52 Å². The van der Waals surface area contributed by atoms with Gasteiger partial charge in [-0.05, 0) is 29.8 Å². The van der Waals surface area contributed by atoms with Crippen LogP contribution in [0.15, 0.2) is 46.0 Å². The average molecular weight is 348 g/mol. The van der Waals surface area contributed by atoms with Gasteiger partial charge >= 0.3 is 0 Å². The summed E-state index contributed by atoms with van der Waals surface area (Å²) in [7, 11) is 0. The summed E-state index contributed by atoms with van der Waals surface area (Å²) in [4.78, 5) is 4.46. The fraction of sp³-hybridized carbons (Fsp3) is 0.235. The Kier molecular flexibility index (Phi) is 4.06. The zero-order valence-electron chi connectivity index (χ0n) is 12.3. The van der Waals surface area contributed by atoms with Crippen molar-refractivity contribution in [3.8, 4) is 11.5 Å². The van der Waals surface area contributed by atoms with Gasteiger partial charge in [-0.2, -0.15) is 0 Å². The van der Waals surface area contributed by atoms with Crippen molar-refractivity contribution >= 4 is 34.5 Å². The first-order valence-electron chi connectivity index (χ1n) is 7.36. The van der Waals surface area contributed by atoms with Gasteiger partial charge < -0.3 is 13.9 Å². The molecular formula is C17H14ClNO3S.